The van der Waals surface area contributed by atoms with E-state index in [1.165, 1.54) is 12.5 Å². The molecule has 7 fully saturated rings. The van der Waals surface area contributed by atoms with Crippen LogP contribution in [0.15, 0.2) is 11.6 Å². The van der Waals surface area contributed by atoms with Crippen LogP contribution in [0.1, 0.15) is 99.8 Å². The zero-order valence-corrected chi connectivity index (χ0v) is 39.8. The number of carbonyl (C=O) groups is 1. The number of fused-ring (bicyclic) bond motifs is 7. The van der Waals surface area contributed by atoms with E-state index in [9.17, 15) is 61.3 Å². The summed E-state index contributed by atoms with van der Waals surface area (Å²) in [4.78, 5) is 15.0. The Morgan fingerprint density at radius 3 is 2.01 bits per heavy atom. The number of ether oxygens (including phenoxy) is 6. The molecule has 8 aliphatic rings. The number of rotatable bonds is 9. The zero-order chi connectivity index (χ0) is 49.1. The van der Waals surface area contributed by atoms with Gasteiger partial charge in [-0.2, -0.15) is 0 Å². The van der Waals surface area contributed by atoms with Crippen molar-refractivity contribution >= 4 is 5.97 Å². The van der Waals surface area contributed by atoms with Gasteiger partial charge in [-0.3, -0.25) is 4.79 Å². The first kappa shape index (κ1) is 51.9. The minimum atomic E-state index is -1.86. The number of hydrogen-bond acceptors (Lipinski definition) is 19. The summed E-state index contributed by atoms with van der Waals surface area (Å²) in [5, 5.41) is 130. The quantitative estimate of drug-likeness (QED) is 0.0971. The van der Waals surface area contributed by atoms with Crippen molar-refractivity contribution in [3.8, 4) is 0 Å². The van der Waals surface area contributed by atoms with Gasteiger partial charge in [-0.05, 0) is 104 Å². The minimum Gasteiger partial charge on any atom is -0.432 e. The van der Waals surface area contributed by atoms with E-state index < -0.39 is 134 Å². The first-order valence-electron chi connectivity index (χ1n) is 24.5. The second-order valence-electron chi connectivity index (χ2n) is 22.9. The van der Waals surface area contributed by atoms with Crippen molar-refractivity contribution in [2.45, 2.75) is 204 Å². The molecule has 5 aliphatic carbocycles. The van der Waals surface area contributed by atoms with Crippen molar-refractivity contribution in [1.29, 1.82) is 0 Å². The highest BCUT2D eigenvalue weighted by Gasteiger charge is 2.71. The molecule has 0 spiro atoms. The van der Waals surface area contributed by atoms with E-state index in [4.69, 9.17) is 28.4 Å². The lowest BCUT2D eigenvalue weighted by Gasteiger charge is -2.71. The summed E-state index contributed by atoms with van der Waals surface area (Å²) in [5.74, 6) is -0.386. The molecule has 0 bridgehead atoms. The summed E-state index contributed by atoms with van der Waals surface area (Å²) in [6, 6.07) is 0. The van der Waals surface area contributed by atoms with Crippen molar-refractivity contribution in [2.75, 3.05) is 19.8 Å². The molecule has 0 amide bonds. The third-order valence-electron chi connectivity index (χ3n) is 19.7. The zero-order valence-electron chi connectivity index (χ0n) is 39.8. The average molecular weight is 959 g/mol. The first-order valence-corrected chi connectivity index (χ1v) is 24.5. The highest BCUT2D eigenvalue weighted by atomic mass is 16.8. The van der Waals surface area contributed by atoms with Crippen LogP contribution in [-0.2, 0) is 33.2 Å². The van der Waals surface area contributed by atoms with Crippen LogP contribution in [0.2, 0.25) is 0 Å². The van der Waals surface area contributed by atoms with E-state index in [1.54, 1.807) is 0 Å². The lowest BCUT2D eigenvalue weighted by Crippen LogP contribution is -2.68. The van der Waals surface area contributed by atoms with Crippen LogP contribution in [0.3, 0.4) is 0 Å². The number of aliphatic hydroxyl groups is 12. The summed E-state index contributed by atoms with van der Waals surface area (Å²) in [6.07, 6.45) is -18.9. The molecule has 0 aromatic heterocycles. The van der Waals surface area contributed by atoms with Crippen LogP contribution < -0.4 is 0 Å². The molecule has 8 rings (SSSR count). The fourth-order valence-electron chi connectivity index (χ4n) is 15.2. The Balaban J connectivity index is 0.985. The lowest BCUT2D eigenvalue weighted by molar-refractivity contribution is -0.361. The molecular formula is C48H78O19. The molecule has 384 valence electrons. The Morgan fingerprint density at radius 1 is 0.701 bits per heavy atom. The SMILES string of the molecule is C[C@H]1[C@H](C)CC[C@]2(C(=O)O[C@@H]3O[C@H](CO[C@@H]4O[C@H](CO)[C@@H](O[C@@H]5O[C@@H](C)[C@H](O)[C@@H](O)[C@H]5O)[C@H](O)[C@H]4O)[C@@H](O)[C@H](O)[C@H]3O)CC[C@@]3(C)C(=CC[C@@H]4[C@@]5(C)C[C@@H](O)[C@H](O)[C@@](C)(CO)[C@@H]5CC[C@]43C)[C@H]12. The maximum atomic E-state index is 15.0. The molecular weight excluding hydrogens is 881 g/mol. The Kier molecular flexibility index (Phi) is 14.4. The summed E-state index contributed by atoms with van der Waals surface area (Å²) in [6.45, 7) is 13.0. The Morgan fingerprint density at radius 2 is 1.34 bits per heavy atom. The molecule has 0 unspecified atom stereocenters. The van der Waals surface area contributed by atoms with Gasteiger partial charge in [0, 0.05) is 5.41 Å². The molecule has 0 radical (unpaired) electrons. The predicted molar refractivity (Wildman–Crippen MR) is 231 cm³/mol. The van der Waals surface area contributed by atoms with Crippen molar-refractivity contribution < 1.29 is 94.5 Å². The van der Waals surface area contributed by atoms with Crippen LogP contribution in [0.5, 0.6) is 0 Å². The highest BCUT2D eigenvalue weighted by molar-refractivity contribution is 5.79. The molecule has 12 N–H and O–H groups in total. The second kappa shape index (κ2) is 18.5. The molecule has 67 heavy (non-hydrogen) atoms. The van der Waals surface area contributed by atoms with E-state index >= 15 is 4.79 Å². The van der Waals surface area contributed by atoms with Crippen molar-refractivity contribution in [1.82, 2.24) is 0 Å². The molecule has 19 nitrogen and oxygen atoms in total. The number of aliphatic hydroxyl groups excluding tert-OH is 12. The number of esters is 1. The van der Waals surface area contributed by atoms with Crippen molar-refractivity contribution in [3.05, 3.63) is 11.6 Å². The standard InChI is InChI=1S/C48H78O19/c1-20-10-13-48(15-14-46(6)23(29(48)21(20)2)8-9-28-44(4)16-24(51)39(60)45(5,19-50)27(44)11-12-47(28,46)7)43(61)67-42-36(58)33(55)31(53)26(65-42)18-62-40-37(59)34(56)38(25(17-49)64-40)66-41-35(57)32(54)30(52)22(3)63-41/h8,20-22,24-42,49-60H,9-19H2,1-7H3/t20-,21+,22+,24-,25-,26-,27-,28-,29+,30+,31-,32-,33+,34-,35-,36-,37-,38-,39+,40-,41+,42+,44+,45+,46+,47-,48+/m1/s1. The lowest BCUT2D eigenvalue weighted by atomic mass is 9.33. The molecule has 3 aliphatic heterocycles. The number of hydrogen-bond donors (Lipinski definition) is 12. The Bertz CT molecular complexity index is 1820. The normalized spacial score (nSPS) is 56.7. The average Bonchev–Trinajstić information content (AvgIpc) is 3.29. The monoisotopic (exact) mass is 959 g/mol. The van der Waals surface area contributed by atoms with Crippen molar-refractivity contribution in [2.24, 2.45) is 56.7 Å². The van der Waals surface area contributed by atoms with Crippen LogP contribution in [0.4, 0.5) is 0 Å². The molecule has 27 atom stereocenters. The molecule has 4 saturated carbocycles. The Labute approximate surface area is 392 Å². The summed E-state index contributed by atoms with van der Waals surface area (Å²) < 4.78 is 34.7. The Hall–Kier alpha value is -1.47. The van der Waals surface area contributed by atoms with Gasteiger partial charge in [0.15, 0.2) is 12.6 Å². The van der Waals surface area contributed by atoms with E-state index in [0.29, 0.717) is 32.1 Å². The largest absolute Gasteiger partial charge is 0.432 e. The molecule has 3 saturated heterocycles. The van der Waals surface area contributed by atoms with Gasteiger partial charge >= 0.3 is 5.97 Å². The summed E-state index contributed by atoms with van der Waals surface area (Å²) in [7, 11) is 0. The third-order valence-corrected chi connectivity index (χ3v) is 19.7. The summed E-state index contributed by atoms with van der Waals surface area (Å²) >= 11 is 0. The van der Waals surface area contributed by atoms with Crippen LogP contribution in [0, 0.1) is 56.7 Å². The summed E-state index contributed by atoms with van der Waals surface area (Å²) in [5.41, 5.74) is -1.64. The smallest absolute Gasteiger partial charge is 0.315 e. The van der Waals surface area contributed by atoms with Gasteiger partial charge in [0.2, 0.25) is 6.29 Å². The van der Waals surface area contributed by atoms with Crippen molar-refractivity contribution in [3.63, 3.8) is 0 Å². The van der Waals surface area contributed by atoms with Gasteiger partial charge in [0.25, 0.3) is 0 Å². The van der Waals surface area contributed by atoms with E-state index in [0.717, 1.165) is 19.3 Å². The maximum Gasteiger partial charge on any atom is 0.315 e. The molecule has 19 heteroatoms. The van der Waals surface area contributed by atoms with Gasteiger partial charge in [-0.1, -0.05) is 53.2 Å². The predicted octanol–water partition coefficient (Wildman–Crippen LogP) is -1.03. The van der Waals surface area contributed by atoms with Gasteiger partial charge in [0.1, 0.15) is 67.1 Å². The molecule has 0 aromatic carbocycles. The van der Waals surface area contributed by atoms with E-state index in [2.05, 4.69) is 40.7 Å². The number of carbonyl (C=O) groups excluding carboxylic acids is 1. The highest BCUT2D eigenvalue weighted by Crippen LogP contribution is 2.76. The van der Waals surface area contributed by atoms with Gasteiger partial charge in [-0.15, -0.1) is 0 Å². The fraction of sp³-hybridized carbons (Fsp3) is 0.938. The third kappa shape index (κ3) is 7.92. The second-order valence-corrected chi connectivity index (χ2v) is 22.9. The van der Waals surface area contributed by atoms with E-state index in [1.807, 2.05) is 6.92 Å². The van der Waals surface area contributed by atoms with E-state index in [-0.39, 0.29) is 52.4 Å². The molecule has 0 aromatic rings. The fourth-order valence-corrected chi connectivity index (χ4v) is 15.2. The van der Waals surface area contributed by atoms with Gasteiger partial charge < -0.3 is 89.7 Å². The number of allylic oxidation sites excluding steroid dienone is 2. The maximum absolute atomic E-state index is 15.0. The van der Waals surface area contributed by atoms with Crippen LogP contribution in [-0.4, -0.2) is 191 Å². The molecule has 3 heterocycles. The topological polar surface area (TPSA) is 315 Å². The van der Waals surface area contributed by atoms with Crippen LogP contribution >= 0.6 is 0 Å². The van der Waals surface area contributed by atoms with Gasteiger partial charge in [-0.25, -0.2) is 0 Å². The first-order chi connectivity index (χ1) is 31.4. The van der Waals surface area contributed by atoms with Crippen LogP contribution in [0.25, 0.3) is 0 Å². The van der Waals surface area contributed by atoms with Gasteiger partial charge in [0.05, 0.1) is 43.5 Å². The minimum absolute atomic E-state index is 0.0112.